The fraction of sp³-hybridized carbons (Fsp3) is 0.385. The van der Waals surface area contributed by atoms with Crippen LogP contribution in [-0.4, -0.2) is 39.7 Å². The molecule has 1 aliphatic heterocycles. The molecule has 1 fully saturated rings. The molecule has 0 bridgehead atoms. The number of halogens is 3. The van der Waals surface area contributed by atoms with Gasteiger partial charge in [-0.05, 0) is 6.07 Å². The summed E-state index contributed by atoms with van der Waals surface area (Å²) in [5.74, 6) is -5.93. The molecule has 10 heteroatoms. The highest BCUT2D eigenvalue weighted by atomic mass is 32.3. The molecule has 1 amide bonds. The molecule has 1 aliphatic rings. The number of nitrogens with zero attached hydrogens (tertiary/aromatic N) is 1. The Morgan fingerprint density at radius 1 is 1.35 bits per heavy atom. The summed E-state index contributed by atoms with van der Waals surface area (Å²) in [6, 6.07) is 1.23. The molecule has 0 N–H and O–H groups in total. The van der Waals surface area contributed by atoms with Crippen molar-refractivity contribution in [3.63, 3.8) is 0 Å². The van der Waals surface area contributed by atoms with Crippen molar-refractivity contribution in [2.24, 2.45) is 5.92 Å². The minimum Gasteiger partial charge on any atom is -0.465 e. The Bertz CT molecular complexity index is 765. The predicted molar refractivity (Wildman–Crippen MR) is 73.1 cm³/mol. The third-order valence-electron chi connectivity index (χ3n) is 3.37. The third kappa shape index (κ3) is 3.81. The number of methoxy groups -OCH3 is 1. The van der Waals surface area contributed by atoms with Crippen molar-refractivity contribution in [1.29, 1.82) is 0 Å². The monoisotopic (exact) mass is 351 g/mol. The second kappa shape index (κ2) is 6.19. The lowest BCUT2D eigenvalue weighted by Crippen LogP contribution is -2.28. The molecular formula is C13H12F3NO5S. The van der Waals surface area contributed by atoms with Crippen molar-refractivity contribution in [2.45, 2.75) is 6.42 Å². The van der Waals surface area contributed by atoms with Gasteiger partial charge in [-0.1, -0.05) is 0 Å². The molecule has 23 heavy (non-hydrogen) atoms. The van der Waals surface area contributed by atoms with Crippen molar-refractivity contribution in [2.75, 3.05) is 24.3 Å². The van der Waals surface area contributed by atoms with E-state index in [0.29, 0.717) is 12.1 Å². The molecule has 1 aromatic rings. The lowest BCUT2D eigenvalue weighted by Gasteiger charge is -2.19. The van der Waals surface area contributed by atoms with Gasteiger partial charge in [0.1, 0.15) is 0 Å². The van der Waals surface area contributed by atoms with Crippen LogP contribution in [0.4, 0.5) is 18.4 Å². The number of ether oxygens (including phenoxy) is 1. The van der Waals surface area contributed by atoms with Gasteiger partial charge in [0.25, 0.3) is 0 Å². The minimum atomic E-state index is -4.79. The summed E-state index contributed by atoms with van der Waals surface area (Å²) in [5.41, 5.74) is -0.636. The maximum atomic E-state index is 13.5. The first-order valence-corrected chi connectivity index (χ1v) is 7.97. The van der Waals surface area contributed by atoms with Crippen LogP contribution in [0.15, 0.2) is 12.1 Å². The van der Waals surface area contributed by atoms with Crippen LogP contribution in [0.2, 0.25) is 0 Å². The molecule has 1 unspecified atom stereocenters. The minimum absolute atomic E-state index is 0.239. The molecule has 0 aliphatic carbocycles. The van der Waals surface area contributed by atoms with Crippen molar-refractivity contribution in [1.82, 2.24) is 0 Å². The standard InChI is InChI=1S/C13H12F3NO5S/c1-22-13(19)8-3-9(14)10(15)4-11(8)17-5-7(2-12(17)18)6-23(16,20)21/h3-4,7H,2,5-6H2,1H3. The average Bonchev–Trinajstić information content (AvgIpc) is 2.78. The van der Waals surface area contributed by atoms with E-state index in [9.17, 15) is 30.7 Å². The summed E-state index contributed by atoms with van der Waals surface area (Å²) in [5, 5.41) is 0. The van der Waals surface area contributed by atoms with Crippen molar-refractivity contribution < 1.29 is 35.4 Å². The highest BCUT2D eigenvalue weighted by molar-refractivity contribution is 7.86. The molecule has 0 saturated carbocycles. The third-order valence-corrected chi connectivity index (χ3v) is 4.24. The lowest BCUT2D eigenvalue weighted by atomic mass is 10.1. The number of benzene rings is 1. The molecule has 0 aromatic heterocycles. The van der Waals surface area contributed by atoms with Gasteiger partial charge < -0.3 is 9.64 Å². The molecule has 6 nitrogen and oxygen atoms in total. The van der Waals surface area contributed by atoms with Crippen LogP contribution >= 0.6 is 0 Å². The van der Waals surface area contributed by atoms with Crippen LogP contribution in [0.25, 0.3) is 0 Å². The number of amides is 1. The van der Waals surface area contributed by atoms with Gasteiger partial charge in [0.2, 0.25) is 5.91 Å². The predicted octanol–water partition coefficient (Wildman–Crippen LogP) is 1.40. The second-order valence-electron chi connectivity index (χ2n) is 5.06. The summed E-state index contributed by atoms with van der Waals surface area (Å²) >= 11 is 0. The number of carbonyl (C=O) groups excluding carboxylic acids is 2. The van der Waals surface area contributed by atoms with E-state index in [0.717, 1.165) is 12.0 Å². The quantitative estimate of drug-likeness (QED) is 0.605. The Kier molecular flexibility index (Phi) is 4.64. The molecule has 126 valence electrons. The van der Waals surface area contributed by atoms with Crippen LogP contribution in [0.3, 0.4) is 0 Å². The number of esters is 1. The normalized spacial score (nSPS) is 18.3. The largest absolute Gasteiger partial charge is 0.465 e. The van der Waals surface area contributed by atoms with E-state index in [-0.39, 0.29) is 24.2 Å². The Hall–Kier alpha value is -2.10. The molecule has 1 atom stereocenters. The van der Waals surface area contributed by atoms with E-state index in [1.165, 1.54) is 0 Å². The van der Waals surface area contributed by atoms with Crippen LogP contribution in [0.1, 0.15) is 16.8 Å². The maximum Gasteiger partial charge on any atom is 0.340 e. The Balaban J connectivity index is 2.40. The number of hydrogen-bond acceptors (Lipinski definition) is 5. The van der Waals surface area contributed by atoms with Gasteiger partial charge in [-0.3, -0.25) is 4.79 Å². The van der Waals surface area contributed by atoms with Gasteiger partial charge in [0.15, 0.2) is 11.6 Å². The summed E-state index contributed by atoms with van der Waals surface area (Å²) in [4.78, 5) is 24.6. The van der Waals surface area contributed by atoms with Gasteiger partial charge in [-0.2, -0.15) is 8.42 Å². The fourth-order valence-electron chi connectivity index (χ4n) is 2.44. The molecule has 1 aromatic carbocycles. The first kappa shape index (κ1) is 17.3. The van der Waals surface area contributed by atoms with E-state index < -0.39 is 45.4 Å². The SMILES string of the molecule is COC(=O)c1cc(F)c(F)cc1N1CC(CS(=O)(=O)F)CC1=O. The van der Waals surface area contributed by atoms with Crippen LogP contribution in [0.5, 0.6) is 0 Å². The van der Waals surface area contributed by atoms with Crippen molar-refractivity contribution >= 4 is 27.8 Å². The molecule has 2 rings (SSSR count). The first-order valence-electron chi connectivity index (χ1n) is 6.42. The van der Waals surface area contributed by atoms with Gasteiger partial charge in [-0.25, -0.2) is 13.6 Å². The fourth-order valence-corrected chi connectivity index (χ4v) is 3.23. The van der Waals surface area contributed by atoms with E-state index in [1.54, 1.807) is 0 Å². The molecule has 1 heterocycles. The van der Waals surface area contributed by atoms with Crippen LogP contribution in [0, 0.1) is 17.6 Å². The molecule has 1 saturated heterocycles. The van der Waals surface area contributed by atoms with E-state index >= 15 is 0 Å². The Morgan fingerprint density at radius 3 is 2.52 bits per heavy atom. The number of rotatable bonds is 4. The summed E-state index contributed by atoms with van der Waals surface area (Å²) < 4.78 is 65.3. The smallest absolute Gasteiger partial charge is 0.340 e. The van der Waals surface area contributed by atoms with Crippen LogP contribution < -0.4 is 4.90 Å². The summed E-state index contributed by atoms with van der Waals surface area (Å²) in [7, 11) is -3.76. The second-order valence-corrected chi connectivity index (χ2v) is 6.47. The van der Waals surface area contributed by atoms with Gasteiger partial charge >= 0.3 is 16.2 Å². The number of anilines is 1. The zero-order chi connectivity index (χ0) is 17.4. The average molecular weight is 351 g/mol. The van der Waals surface area contributed by atoms with E-state index in [2.05, 4.69) is 4.74 Å². The topological polar surface area (TPSA) is 80.8 Å². The maximum absolute atomic E-state index is 13.5. The van der Waals surface area contributed by atoms with E-state index in [1.807, 2.05) is 0 Å². The Morgan fingerprint density at radius 2 is 1.96 bits per heavy atom. The molecular weight excluding hydrogens is 339 g/mol. The zero-order valence-corrected chi connectivity index (χ0v) is 12.7. The first-order chi connectivity index (χ1) is 10.6. The highest BCUT2D eigenvalue weighted by Crippen LogP contribution is 2.31. The number of hydrogen-bond donors (Lipinski definition) is 0. The van der Waals surface area contributed by atoms with Crippen LogP contribution in [-0.2, 0) is 19.8 Å². The zero-order valence-electron chi connectivity index (χ0n) is 11.9. The van der Waals surface area contributed by atoms with E-state index in [4.69, 9.17) is 0 Å². The van der Waals surface area contributed by atoms with Crippen molar-refractivity contribution in [3.8, 4) is 0 Å². The molecule has 0 spiro atoms. The number of carbonyl (C=O) groups is 2. The Labute approximate surface area is 130 Å². The van der Waals surface area contributed by atoms with Crippen molar-refractivity contribution in [3.05, 3.63) is 29.3 Å². The van der Waals surface area contributed by atoms with Gasteiger partial charge in [0.05, 0.1) is 24.1 Å². The van der Waals surface area contributed by atoms with Gasteiger partial charge in [0, 0.05) is 24.9 Å². The highest BCUT2D eigenvalue weighted by Gasteiger charge is 2.36. The lowest BCUT2D eigenvalue weighted by molar-refractivity contribution is -0.117. The summed E-state index contributed by atoms with van der Waals surface area (Å²) in [6.07, 6.45) is -0.289. The molecule has 0 radical (unpaired) electrons. The summed E-state index contributed by atoms with van der Waals surface area (Å²) in [6.45, 7) is -0.239. The van der Waals surface area contributed by atoms with Gasteiger partial charge in [-0.15, -0.1) is 3.89 Å².